The Kier molecular flexibility index (Phi) is 8.11. The molecule has 1 aromatic rings. The summed E-state index contributed by atoms with van der Waals surface area (Å²) in [5.41, 5.74) is 7.34. The first kappa shape index (κ1) is 15.5. The normalized spacial score (nSPS) is 12.6. The highest BCUT2D eigenvalue weighted by Crippen LogP contribution is 2.18. The van der Waals surface area contributed by atoms with E-state index in [0.717, 1.165) is 17.9 Å². The van der Waals surface area contributed by atoms with Gasteiger partial charge in [0.25, 0.3) is 0 Å². The Labute approximate surface area is 117 Å². The summed E-state index contributed by atoms with van der Waals surface area (Å²) in [6.07, 6.45) is 9.97. The highest BCUT2D eigenvalue weighted by atomic mass is 35.5. The van der Waals surface area contributed by atoms with Crippen molar-refractivity contribution in [1.29, 1.82) is 0 Å². The van der Waals surface area contributed by atoms with Crippen LogP contribution in [0, 0.1) is 0 Å². The molecule has 0 saturated carbocycles. The molecule has 1 atom stereocenters. The average molecular weight is 268 g/mol. The molecule has 0 heterocycles. The largest absolute Gasteiger partial charge is 0.327 e. The molecule has 0 saturated heterocycles. The molecule has 1 aromatic carbocycles. The molecule has 0 aliphatic heterocycles. The van der Waals surface area contributed by atoms with E-state index < -0.39 is 0 Å². The Morgan fingerprint density at radius 2 is 1.72 bits per heavy atom. The van der Waals surface area contributed by atoms with Gasteiger partial charge in [0.15, 0.2) is 0 Å². The molecule has 0 aromatic heterocycles. The first-order chi connectivity index (χ1) is 8.74. The van der Waals surface area contributed by atoms with Gasteiger partial charge in [-0.25, -0.2) is 0 Å². The van der Waals surface area contributed by atoms with Gasteiger partial charge < -0.3 is 5.73 Å². The van der Waals surface area contributed by atoms with Gasteiger partial charge in [0, 0.05) is 11.1 Å². The molecule has 0 aliphatic rings. The van der Waals surface area contributed by atoms with Crippen LogP contribution < -0.4 is 5.73 Å². The maximum atomic E-state index is 6.16. The number of rotatable bonds is 9. The lowest BCUT2D eigenvalue weighted by Gasteiger charge is -2.12. The van der Waals surface area contributed by atoms with Crippen molar-refractivity contribution >= 4 is 11.6 Å². The van der Waals surface area contributed by atoms with E-state index in [9.17, 15) is 0 Å². The summed E-state index contributed by atoms with van der Waals surface area (Å²) >= 11 is 6.13. The minimum absolute atomic E-state index is 0.246. The molecule has 0 bridgehead atoms. The molecular formula is C16H26ClN. The van der Waals surface area contributed by atoms with Crippen molar-refractivity contribution in [1.82, 2.24) is 0 Å². The third-order valence-corrected chi connectivity index (χ3v) is 3.74. The summed E-state index contributed by atoms with van der Waals surface area (Å²) in [5, 5.41) is 0.843. The van der Waals surface area contributed by atoms with Crippen LogP contribution in [0.3, 0.4) is 0 Å². The minimum atomic E-state index is 0.246. The lowest BCUT2D eigenvalue weighted by Crippen LogP contribution is -2.22. The van der Waals surface area contributed by atoms with E-state index in [1.54, 1.807) is 0 Å². The molecular weight excluding hydrogens is 242 g/mol. The molecule has 0 aliphatic carbocycles. The molecule has 2 N–H and O–H groups in total. The molecule has 0 radical (unpaired) electrons. The van der Waals surface area contributed by atoms with Crippen LogP contribution in [0.15, 0.2) is 24.3 Å². The molecule has 2 heteroatoms. The van der Waals surface area contributed by atoms with E-state index in [2.05, 4.69) is 13.0 Å². The fourth-order valence-corrected chi connectivity index (χ4v) is 2.45. The van der Waals surface area contributed by atoms with Crippen LogP contribution in [0.4, 0.5) is 0 Å². The smallest absolute Gasteiger partial charge is 0.0438 e. The highest BCUT2D eigenvalue weighted by molar-refractivity contribution is 6.31. The zero-order valence-electron chi connectivity index (χ0n) is 11.5. The lowest BCUT2D eigenvalue weighted by atomic mass is 10.0. The van der Waals surface area contributed by atoms with Crippen LogP contribution in [0.5, 0.6) is 0 Å². The standard InChI is InChI=1S/C16H26ClN/c1-2-3-4-5-6-7-11-15(18)13-14-10-8-9-12-16(14)17/h8-10,12,15H,2-7,11,13,18H2,1H3. The van der Waals surface area contributed by atoms with E-state index in [1.807, 2.05) is 18.2 Å². The van der Waals surface area contributed by atoms with Gasteiger partial charge in [0.1, 0.15) is 0 Å². The minimum Gasteiger partial charge on any atom is -0.327 e. The Morgan fingerprint density at radius 1 is 1.06 bits per heavy atom. The molecule has 0 spiro atoms. The van der Waals surface area contributed by atoms with Crippen molar-refractivity contribution < 1.29 is 0 Å². The predicted molar refractivity (Wildman–Crippen MR) is 81.1 cm³/mol. The zero-order chi connectivity index (χ0) is 13.2. The highest BCUT2D eigenvalue weighted by Gasteiger charge is 2.06. The van der Waals surface area contributed by atoms with Crippen molar-refractivity contribution in [3.05, 3.63) is 34.9 Å². The van der Waals surface area contributed by atoms with Gasteiger partial charge in [-0.05, 0) is 24.5 Å². The van der Waals surface area contributed by atoms with Gasteiger partial charge >= 0.3 is 0 Å². The summed E-state index contributed by atoms with van der Waals surface area (Å²) in [6, 6.07) is 8.25. The number of hydrogen-bond acceptors (Lipinski definition) is 1. The number of halogens is 1. The first-order valence-electron chi connectivity index (χ1n) is 7.23. The molecule has 0 amide bonds. The molecule has 18 heavy (non-hydrogen) atoms. The van der Waals surface area contributed by atoms with E-state index in [1.165, 1.54) is 44.1 Å². The Bertz CT molecular complexity index is 325. The van der Waals surface area contributed by atoms with Crippen molar-refractivity contribution in [2.75, 3.05) is 0 Å². The molecule has 1 unspecified atom stereocenters. The van der Waals surface area contributed by atoms with Gasteiger partial charge in [-0.1, -0.05) is 75.2 Å². The average Bonchev–Trinajstić information content (AvgIpc) is 2.36. The fourth-order valence-electron chi connectivity index (χ4n) is 2.24. The lowest BCUT2D eigenvalue weighted by molar-refractivity contribution is 0.532. The van der Waals surface area contributed by atoms with Crippen LogP contribution in [-0.4, -0.2) is 6.04 Å². The number of benzene rings is 1. The van der Waals surface area contributed by atoms with Crippen LogP contribution in [0.2, 0.25) is 5.02 Å². The summed E-state index contributed by atoms with van der Waals surface area (Å²) in [4.78, 5) is 0. The summed E-state index contributed by atoms with van der Waals surface area (Å²) in [5.74, 6) is 0. The van der Waals surface area contributed by atoms with E-state index in [4.69, 9.17) is 17.3 Å². The maximum absolute atomic E-state index is 6.16. The first-order valence-corrected chi connectivity index (χ1v) is 7.60. The monoisotopic (exact) mass is 267 g/mol. The molecule has 1 nitrogen and oxygen atoms in total. The summed E-state index contributed by atoms with van der Waals surface area (Å²) < 4.78 is 0. The van der Waals surface area contributed by atoms with Crippen LogP contribution in [-0.2, 0) is 6.42 Å². The Balaban J connectivity index is 2.14. The SMILES string of the molecule is CCCCCCCCC(N)Cc1ccccc1Cl. The zero-order valence-corrected chi connectivity index (χ0v) is 12.3. The second kappa shape index (κ2) is 9.41. The van der Waals surface area contributed by atoms with Crippen LogP contribution in [0.25, 0.3) is 0 Å². The van der Waals surface area contributed by atoms with E-state index in [-0.39, 0.29) is 6.04 Å². The van der Waals surface area contributed by atoms with Gasteiger partial charge in [0.05, 0.1) is 0 Å². The van der Waals surface area contributed by atoms with Gasteiger partial charge in [-0.3, -0.25) is 0 Å². The van der Waals surface area contributed by atoms with Gasteiger partial charge in [-0.15, -0.1) is 0 Å². The third kappa shape index (κ3) is 6.42. The second-order valence-electron chi connectivity index (χ2n) is 5.11. The molecule has 0 fully saturated rings. The predicted octanol–water partition coefficient (Wildman–Crippen LogP) is 4.96. The summed E-state index contributed by atoms with van der Waals surface area (Å²) in [6.45, 7) is 2.25. The van der Waals surface area contributed by atoms with Crippen LogP contribution in [0.1, 0.15) is 57.4 Å². The van der Waals surface area contributed by atoms with E-state index >= 15 is 0 Å². The maximum Gasteiger partial charge on any atom is 0.0438 e. The van der Waals surface area contributed by atoms with Crippen LogP contribution >= 0.6 is 11.6 Å². The van der Waals surface area contributed by atoms with Crippen molar-refractivity contribution in [2.24, 2.45) is 5.73 Å². The fraction of sp³-hybridized carbons (Fsp3) is 0.625. The molecule has 1 rings (SSSR count). The number of unbranched alkanes of at least 4 members (excludes halogenated alkanes) is 5. The van der Waals surface area contributed by atoms with Gasteiger partial charge in [-0.2, -0.15) is 0 Å². The Hall–Kier alpha value is -0.530. The Morgan fingerprint density at radius 3 is 2.44 bits per heavy atom. The quantitative estimate of drug-likeness (QED) is 0.629. The van der Waals surface area contributed by atoms with Crippen molar-refractivity contribution in [2.45, 2.75) is 64.3 Å². The topological polar surface area (TPSA) is 26.0 Å². The number of nitrogens with two attached hydrogens (primary N) is 1. The third-order valence-electron chi connectivity index (χ3n) is 3.37. The van der Waals surface area contributed by atoms with Crippen molar-refractivity contribution in [3.8, 4) is 0 Å². The number of hydrogen-bond donors (Lipinski definition) is 1. The summed E-state index contributed by atoms with van der Waals surface area (Å²) in [7, 11) is 0. The second-order valence-corrected chi connectivity index (χ2v) is 5.52. The van der Waals surface area contributed by atoms with Gasteiger partial charge in [0.2, 0.25) is 0 Å². The van der Waals surface area contributed by atoms with Crippen molar-refractivity contribution in [3.63, 3.8) is 0 Å². The van der Waals surface area contributed by atoms with E-state index in [0.29, 0.717) is 0 Å². The molecule has 102 valence electrons.